The van der Waals surface area contributed by atoms with E-state index < -0.39 is 8.07 Å². The highest BCUT2D eigenvalue weighted by atomic mass is 28.3. The summed E-state index contributed by atoms with van der Waals surface area (Å²) >= 11 is 0. The van der Waals surface area contributed by atoms with Gasteiger partial charge in [-0.15, -0.1) is 0 Å². The highest BCUT2D eigenvalue weighted by Gasteiger charge is 2.45. The van der Waals surface area contributed by atoms with Gasteiger partial charge >= 0.3 is 0 Å². The lowest BCUT2D eigenvalue weighted by atomic mass is 10.1. The number of nitrogens with zero attached hydrogens (tertiary/aromatic N) is 2. The Morgan fingerprint density at radius 1 is 0.300 bits per heavy atom. The van der Waals surface area contributed by atoms with E-state index in [2.05, 4.69) is 265 Å². The molecule has 0 atom stereocenters. The van der Waals surface area contributed by atoms with E-state index in [0.29, 0.717) is 0 Å². The third-order valence-electron chi connectivity index (χ3n) is 11.8. The van der Waals surface area contributed by atoms with Gasteiger partial charge in [0, 0.05) is 11.4 Å². The van der Waals surface area contributed by atoms with Crippen LogP contribution >= 0.6 is 0 Å². The molecule has 60 heavy (non-hydrogen) atoms. The second-order valence-electron chi connectivity index (χ2n) is 15.4. The third-order valence-corrected chi connectivity index (χ3v) is 16.6. The molecule has 0 aliphatic rings. The van der Waals surface area contributed by atoms with Gasteiger partial charge in [0.1, 0.15) is 0 Å². The first-order chi connectivity index (χ1) is 29.7. The van der Waals surface area contributed by atoms with E-state index in [1.807, 2.05) is 0 Å². The van der Waals surface area contributed by atoms with Crippen LogP contribution in [0.15, 0.2) is 249 Å². The van der Waals surface area contributed by atoms with Crippen LogP contribution < -0.4 is 20.7 Å². The number of aryl methyl sites for hydroxylation is 1. The van der Waals surface area contributed by atoms with E-state index in [4.69, 9.17) is 0 Å². The minimum Gasteiger partial charge on any atom is -0.309 e. The molecule has 0 amide bonds. The van der Waals surface area contributed by atoms with Crippen LogP contribution in [0, 0.1) is 6.92 Å². The van der Waals surface area contributed by atoms with Gasteiger partial charge in [-0.2, -0.15) is 0 Å². The van der Waals surface area contributed by atoms with E-state index >= 15 is 0 Å². The van der Waals surface area contributed by atoms with E-state index in [0.717, 1.165) is 28.3 Å². The van der Waals surface area contributed by atoms with Crippen molar-refractivity contribution < 1.29 is 0 Å². The van der Waals surface area contributed by atoms with Gasteiger partial charge in [-0.05, 0) is 85.8 Å². The molecular formula is C57H44N2Si. The summed E-state index contributed by atoms with van der Waals surface area (Å²) in [7, 11) is -3.01. The molecule has 286 valence electrons. The molecule has 0 spiro atoms. The maximum atomic E-state index is 2.54. The third kappa shape index (κ3) is 6.46. The van der Waals surface area contributed by atoms with Crippen molar-refractivity contribution in [1.82, 2.24) is 9.13 Å². The maximum absolute atomic E-state index is 3.01. The summed E-state index contributed by atoms with van der Waals surface area (Å²) in [5.74, 6) is 0. The predicted molar refractivity (Wildman–Crippen MR) is 255 cm³/mol. The van der Waals surface area contributed by atoms with Crippen LogP contribution in [0.3, 0.4) is 0 Å². The Labute approximate surface area is 354 Å². The Hall–Kier alpha value is -7.46. The number of aromatic nitrogens is 2. The lowest BCUT2D eigenvalue weighted by Crippen LogP contribution is -2.75. The smallest absolute Gasteiger partial charge is 0.181 e. The normalized spacial score (nSPS) is 11.4. The average Bonchev–Trinajstić information content (AvgIpc) is 3.90. The van der Waals surface area contributed by atoms with Crippen molar-refractivity contribution in [1.29, 1.82) is 0 Å². The van der Waals surface area contributed by atoms with Gasteiger partial charge in [-0.3, -0.25) is 0 Å². The Balaban J connectivity index is 1.34. The van der Waals surface area contributed by atoms with Crippen LogP contribution in [-0.4, -0.2) is 17.2 Å². The van der Waals surface area contributed by atoms with Crippen LogP contribution in [0.4, 0.5) is 0 Å². The topological polar surface area (TPSA) is 9.86 Å². The van der Waals surface area contributed by atoms with Gasteiger partial charge in [-0.1, -0.05) is 218 Å². The summed E-state index contributed by atoms with van der Waals surface area (Å²) in [4.78, 5) is 0. The molecule has 0 N–H and O–H groups in total. The minimum absolute atomic E-state index is 1.10. The standard InChI is InChI=1S/C57H44N2Si/c1-43-40-53(44-24-9-2-10-25-44)58(56(43)46-28-13-4-14-29-46)48-32-23-33-49(41-48)59-54(45-26-11-3-12-27-45)42-55(57(59)47-30-15-5-16-31-47)60(50-34-17-6-18-35-50,51-36-19-7-20-37-51)52-38-21-8-22-39-52/h2-42H,1H3. The number of hydrogen-bond donors (Lipinski definition) is 0. The van der Waals surface area contributed by atoms with Crippen LogP contribution in [0.25, 0.3) is 56.4 Å². The predicted octanol–water partition coefficient (Wildman–Crippen LogP) is 11.6. The summed E-state index contributed by atoms with van der Waals surface area (Å²) in [6.45, 7) is 2.23. The Bertz CT molecular complexity index is 2900. The molecule has 2 heterocycles. The SMILES string of the molecule is Cc1cc(-c2ccccc2)n(-c2cccc(-n3c(-c4ccccc4)cc([Si](c4ccccc4)(c4ccccc4)c4ccccc4)c3-c3ccccc3)c2)c1-c1ccccc1. The number of benzene rings is 8. The molecule has 0 aliphatic heterocycles. The summed E-state index contributed by atoms with van der Waals surface area (Å²) in [6, 6.07) is 91.3. The van der Waals surface area contributed by atoms with Crippen molar-refractivity contribution in [2.75, 3.05) is 0 Å². The zero-order valence-electron chi connectivity index (χ0n) is 33.6. The fourth-order valence-electron chi connectivity index (χ4n) is 9.25. The van der Waals surface area contributed by atoms with Gasteiger partial charge in [0.2, 0.25) is 0 Å². The van der Waals surface area contributed by atoms with Gasteiger partial charge in [-0.25, -0.2) is 0 Å². The molecule has 0 saturated heterocycles. The largest absolute Gasteiger partial charge is 0.309 e. The average molecular weight is 785 g/mol. The van der Waals surface area contributed by atoms with Crippen molar-refractivity contribution in [2.45, 2.75) is 6.92 Å². The Kier molecular flexibility index (Phi) is 9.86. The summed E-state index contributed by atoms with van der Waals surface area (Å²) in [6.07, 6.45) is 0. The monoisotopic (exact) mass is 784 g/mol. The van der Waals surface area contributed by atoms with Crippen molar-refractivity contribution >= 4 is 28.8 Å². The van der Waals surface area contributed by atoms with E-state index in [1.54, 1.807) is 0 Å². The fraction of sp³-hybridized carbons (Fsp3) is 0.0175. The molecule has 10 rings (SSSR count). The molecule has 8 aromatic carbocycles. The molecule has 0 saturated carbocycles. The fourth-order valence-corrected chi connectivity index (χ4v) is 14.2. The summed E-state index contributed by atoms with van der Waals surface area (Å²) in [5.41, 5.74) is 12.8. The van der Waals surface area contributed by atoms with Crippen molar-refractivity contribution in [3.8, 4) is 56.4 Å². The molecular weight excluding hydrogens is 741 g/mol. The lowest BCUT2D eigenvalue weighted by molar-refractivity contribution is 1.05. The van der Waals surface area contributed by atoms with Gasteiger partial charge < -0.3 is 9.13 Å². The summed E-state index contributed by atoms with van der Waals surface area (Å²) in [5, 5.41) is 5.36. The van der Waals surface area contributed by atoms with Gasteiger partial charge in [0.25, 0.3) is 0 Å². The Morgan fingerprint density at radius 3 is 1.05 bits per heavy atom. The highest BCUT2D eigenvalue weighted by Crippen LogP contribution is 2.38. The molecule has 0 fully saturated rings. The minimum atomic E-state index is -3.01. The first-order valence-corrected chi connectivity index (χ1v) is 22.7. The lowest BCUT2D eigenvalue weighted by Gasteiger charge is -2.35. The quantitative estimate of drug-likeness (QED) is 0.0966. The zero-order chi connectivity index (χ0) is 40.3. The van der Waals surface area contributed by atoms with Crippen molar-refractivity contribution in [2.24, 2.45) is 0 Å². The van der Waals surface area contributed by atoms with Crippen LogP contribution in [-0.2, 0) is 0 Å². The highest BCUT2D eigenvalue weighted by molar-refractivity contribution is 7.20. The van der Waals surface area contributed by atoms with Crippen molar-refractivity contribution in [3.63, 3.8) is 0 Å². The van der Waals surface area contributed by atoms with Crippen LogP contribution in [0.1, 0.15) is 5.56 Å². The zero-order valence-corrected chi connectivity index (χ0v) is 34.6. The second kappa shape index (κ2) is 16.1. The van der Waals surface area contributed by atoms with E-state index in [1.165, 1.54) is 54.4 Å². The van der Waals surface area contributed by atoms with Crippen molar-refractivity contribution in [3.05, 3.63) is 254 Å². The van der Waals surface area contributed by atoms with Gasteiger partial charge in [0.05, 0.1) is 22.8 Å². The number of rotatable bonds is 10. The molecule has 0 radical (unpaired) electrons. The van der Waals surface area contributed by atoms with E-state index in [-0.39, 0.29) is 0 Å². The molecule has 10 aromatic rings. The maximum Gasteiger partial charge on any atom is 0.181 e. The first-order valence-electron chi connectivity index (χ1n) is 20.7. The summed E-state index contributed by atoms with van der Waals surface area (Å²) < 4.78 is 5.00. The van der Waals surface area contributed by atoms with E-state index in [9.17, 15) is 0 Å². The molecule has 2 aromatic heterocycles. The molecule has 0 bridgehead atoms. The Morgan fingerprint density at radius 2 is 0.633 bits per heavy atom. The van der Waals surface area contributed by atoms with Gasteiger partial charge in [0.15, 0.2) is 8.07 Å². The first kappa shape index (κ1) is 36.8. The molecule has 0 aliphatic carbocycles. The second-order valence-corrected chi connectivity index (χ2v) is 19.1. The van der Waals surface area contributed by atoms with Crippen LogP contribution in [0.5, 0.6) is 0 Å². The molecule has 2 nitrogen and oxygen atoms in total. The molecule has 0 unspecified atom stereocenters. The molecule has 3 heteroatoms. The van der Waals surface area contributed by atoms with Crippen LogP contribution in [0.2, 0.25) is 0 Å². The number of hydrogen-bond acceptors (Lipinski definition) is 0.